The third-order valence-electron chi connectivity index (χ3n) is 9.73. The zero-order valence-electron chi connectivity index (χ0n) is 44.0. The van der Waals surface area contributed by atoms with Gasteiger partial charge in [0, 0.05) is 115 Å². The molecule has 14 unspecified atom stereocenters. The predicted molar refractivity (Wildman–Crippen MR) is 302 cm³/mol. The molecule has 72 heavy (non-hydrogen) atoms. The van der Waals surface area contributed by atoms with Crippen LogP contribution in [0.25, 0.3) is 0 Å². The van der Waals surface area contributed by atoms with Crippen molar-refractivity contribution in [1.82, 2.24) is 10.6 Å². The van der Waals surface area contributed by atoms with Crippen molar-refractivity contribution < 1.29 is 78.1 Å². The van der Waals surface area contributed by atoms with Crippen molar-refractivity contribution in [2.45, 2.75) is 139 Å². The maximum atomic E-state index is 10.5. The van der Waals surface area contributed by atoms with Crippen LogP contribution in [0.3, 0.4) is 0 Å². The maximum Gasteiger partial charge on any atom is 0.151 e. The van der Waals surface area contributed by atoms with E-state index in [1.54, 1.807) is 27.4 Å². The van der Waals surface area contributed by atoms with Crippen LogP contribution in [-0.4, -0.2) is 271 Å². The van der Waals surface area contributed by atoms with Gasteiger partial charge in [0.25, 0.3) is 0 Å². The van der Waals surface area contributed by atoms with Crippen molar-refractivity contribution in [3.8, 4) is 0 Å². The fourth-order valence-corrected chi connectivity index (χ4v) is 6.57. The number of carbonyl (C=O) groups excluding carboxylic acids is 2. The highest BCUT2D eigenvalue weighted by Crippen LogP contribution is 2.23. The monoisotopic (exact) mass is 1140 g/mol. The minimum Gasteiger partial charge on any atom is -0.389 e. The van der Waals surface area contributed by atoms with Crippen molar-refractivity contribution in [1.29, 1.82) is 0 Å². The van der Waals surface area contributed by atoms with Crippen molar-refractivity contribution in [2.75, 3.05) is 129 Å². The van der Waals surface area contributed by atoms with Gasteiger partial charge in [-0.05, 0) is 25.7 Å². The number of nitrogens with one attached hydrogen (secondary N) is 2. The molecule has 0 aromatic heterocycles. The van der Waals surface area contributed by atoms with Crippen molar-refractivity contribution in [2.24, 2.45) is 15.7 Å². The number of methoxy groups -OCH3 is 4. The zero-order valence-corrected chi connectivity index (χ0v) is 48.5. The van der Waals surface area contributed by atoms with Crippen molar-refractivity contribution in [3.63, 3.8) is 0 Å². The number of thiol groups is 5. The Morgan fingerprint density at radius 1 is 0.597 bits per heavy atom. The summed E-state index contributed by atoms with van der Waals surface area (Å²) in [4.78, 5) is 29.0. The molecule has 1 aliphatic heterocycles. The molecule has 0 radical (unpaired) electrons. The Labute approximate surface area is 458 Å². The number of nitrogens with two attached hydrogens (primary N) is 1. The summed E-state index contributed by atoms with van der Waals surface area (Å²) in [5.41, 5.74) is 4.95. The summed E-state index contributed by atoms with van der Waals surface area (Å²) in [6.45, 7) is 13.5. The summed E-state index contributed by atoms with van der Waals surface area (Å²) >= 11 is 20.2. The number of aliphatic hydroxyl groups excluding tert-OH is 6. The highest BCUT2D eigenvalue weighted by molar-refractivity contribution is 7.80. The third kappa shape index (κ3) is 41.9. The van der Waals surface area contributed by atoms with Gasteiger partial charge >= 0.3 is 0 Å². The number of aliphatic imine (C=N–C) groups is 2. The van der Waals surface area contributed by atoms with E-state index in [2.05, 4.69) is 83.8 Å². The Bertz CT molecular complexity index is 1220. The molecule has 1 aliphatic rings. The molecule has 10 N–H and O–H groups in total. The van der Waals surface area contributed by atoms with E-state index < -0.39 is 61.0 Å². The number of rotatable bonds is 38. The van der Waals surface area contributed by atoms with Crippen molar-refractivity contribution >= 4 is 88.1 Å². The Morgan fingerprint density at radius 2 is 1.08 bits per heavy atom. The van der Waals surface area contributed by atoms with Gasteiger partial charge in [0.2, 0.25) is 0 Å². The van der Waals surface area contributed by atoms with Crippen LogP contribution in [0.15, 0.2) is 9.98 Å². The summed E-state index contributed by atoms with van der Waals surface area (Å²) < 4.78 is 42.2. The van der Waals surface area contributed by atoms with E-state index in [1.165, 1.54) is 20.4 Å². The minimum atomic E-state index is -1.20. The Hall–Kier alpha value is -0.250. The molecule has 0 aromatic rings. The SMILES string of the molecule is CCC(OC(C=NCCS)COC)C(O)C=NCCS.CCC(OC(C=O)COC)C(O)C=O.CCC(OC(CNCCS)COC)C(O)CNCCS.CCC1OC(COC)C(O)C(O)C1O.NCCS. The van der Waals surface area contributed by atoms with Gasteiger partial charge in [0.15, 0.2) is 12.6 Å². The fourth-order valence-electron chi connectivity index (χ4n) is 6.02. The van der Waals surface area contributed by atoms with Crippen LogP contribution in [0.4, 0.5) is 0 Å². The molecule has 26 heteroatoms. The lowest BCUT2D eigenvalue weighted by Gasteiger charge is -2.40. The van der Waals surface area contributed by atoms with Gasteiger partial charge in [-0.2, -0.15) is 63.1 Å². The lowest BCUT2D eigenvalue weighted by atomic mass is 9.94. The molecule has 0 aliphatic carbocycles. The molecule has 1 heterocycles. The number of aldehydes is 2. The van der Waals surface area contributed by atoms with Gasteiger partial charge in [0.1, 0.15) is 48.8 Å². The standard InChI is InChI=1S/C13H30N2O3S2.C13H26N2O3S2.C9H18O5.C9H16O5.C2H7NS/c2*1-3-13(12(16)9-15-5-7-20)18-11(10-17-2)8-14-4-6-19;1-3-5-7(10)9(12)8(11)6(14-5)4-13-2;1-3-9(8(12)5-11)14-7(4-10)6-13-2;3-1-2-4/h11-16,19-20H,3-10H2,1-2H3;8-9,11-13,16,19-20H,3-7,10H2,1-2H3;5-12H,3-4H2,1-2H3;4-5,7-9,12H,3,6H2,1-2H3;4H,1-3H2. The van der Waals surface area contributed by atoms with E-state index in [0.717, 1.165) is 36.8 Å². The van der Waals surface area contributed by atoms with Crippen LogP contribution in [0.2, 0.25) is 0 Å². The predicted octanol–water partition coefficient (Wildman–Crippen LogP) is -0.322. The van der Waals surface area contributed by atoms with E-state index in [1.807, 2.05) is 20.8 Å². The molecule has 0 amide bonds. The molecule has 1 fully saturated rings. The van der Waals surface area contributed by atoms with E-state index in [0.29, 0.717) is 89.3 Å². The minimum absolute atomic E-state index is 0.0654. The molecule has 14 atom stereocenters. The topological polar surface area (TPSA) is 304 Å². The van der Waals surface area contributed by atoms with E-state index in [9.17, 15) is 40.2 Å². The Balaban J connectivity index is -0.000000422. The van der Waals surface area contributed by atoms with Crippen LogP contribution in [0, 0.1) is 0 Å². The molecule has 1 saturated heterocycles. The smallest absolute Gasteiger partial charge is 0.151 e. The number of hydrogen-bond acceptors (Lipinski definition) is 26. The van der Waals surface area contributed by atoms with Gasteiger partial charge < -0.3 is 94.5 Å². The second-order valence-electron chi connectivity index (χ2n) is 15.6. The Kier molecular flexibility index (Phi) is 61.9. The number of ether oxygens (including phenoxy) is 8. The molecule has 21 nitrogen and oxygen atoms in total. The highest BCUT2D eigenvalue weighted by Gasteiger charge is 2.42. The second-order valence-corrected chi connectivity index (χ2v) is 17.8. The summed E-state index contributed by atoms with van der Waals surface area (Å²) in [5.74, 6) is 3.67. The molecule has 432 valence electrons. The Morgan fingerprint density at radius 3 is 1.53 bits per heavy atom. The van der Waals surface area contributed by atoms with Crippen LogP contribution in [0.1, 0.15) is 53.4 Å². The summed E-state index contributed by atoms with van der Waals surface area (Å²) in [6.07, 6.45) is -2.32. The zero-order chi connectivity index (χ0) is 55.5. The molecule has 0 spiro atoms. The lowest BCUT2D eigenvalue weighted by molar-refractivity contribution is -0.231. The molecular formula is C46H97N5O16S5. The molecular weight excluding hydrogens is 1040 g/mol. The largest absolute Gasteiger partial charge is 0.389 e. The first kappa shape index (κ1) is 78.2. The van der Waals surface area contributed by atoms with Gasteiger partial charge in [0.05, 0.1) is 63.1 Å². The average molecular weight is 1140 g/mol. The van der Waals surface area contributed by atoms with Crippen LogP contribution >= 0.6 is 63.1 Å². The average Bonchev–Trinajstić information content (AvgIpc) is 3.39. The number of hydrogen-bond donors (Lipinski definition) is 14. The number of aliphatic hydroxyl groups is 6. The first-order valence-electron chi connectivity index (χ1n) is 24.3. The number of carbonyl (C=O) groups is 2. The first-order chi connectivity index (χ1) is 34.6. The summed E-state index contributed by atoms with van der Waals surface area (Å²) in [5, 5.41) is 64.3. The molecule has 0 bridgehead atoms. The van der Waals surface area contributed by atoms with Gasteiger partial charge in [-0.25, -0.2) is 0 Å². The van der Waals surface area contributed by atoms with Gasteiger partial charge in [-0.1, -0.05) is 27.7 Å². The fraction of sp³-hybridized carbons (Fsp3) is 0.913. The van der Waals surface area contributed by atoms with E-state index in [4.69, 9.17) is 43.6 Å². The van der Waals surface area contributed by atoms with Crippen molar-refractivity contribution in [3.05, 3.63) is 0 Å². The highest BCUT2D eigenvalue weighted by atomic mass is 32.1. The lowest BCUT2D eigenvalue weighted by Crippen LogP contribution is -2.58. The van der Waals surface area contributed by atoms with Crippen LogP contribution in [0.5, 0.6) is 0 Å². The third-order valence-corrected chi connectivity index (χ3v) is 10.8. The summed E-state index contributed by atoms with van der Waals surface area (Å²) in [7, 11) is 6.19. The molecule has 0 aromatic carbocycles. The van der Waals surface area contributed by atoms with E-state index >= 15 is 0 Å². The van der Waals surface area contributed by atoms with Crippen LogP contribution < -0.4 is 16.4 Å². The number of nitrogens with zero attached hydrogens (tertiary/aromatic N) is 2. The summed E-state index contributed by atoms with van der Waals surface area (Å²) in [6, 6.07) is 0. The van der Waals surface area contributed by atoms with Crippen LogP contribution in [-0.2, 0) is 47.5 Å². The van der Waals surface area contributed by atoms with Gasteiger partial charge in [-0.3, -0.25) is 9.98 Å². The first-order valence-corrected chi connectivity index (χ1v) is 27.5. The maximum absolute atomic E-state index is 10.5. The molecule has 1 rings (SSSR count). The second kappa shape index (κ2) is 56.9. The normalized spacial score (nSPS) is 21.4. The quantitative estimate of drug-likeness (QED) is 0.0163. The molecule has 0 saturated carbocycles. The van der Waals surface area contributed by atoms with E-state index in [-0.39, 0.29) is 37.6 Å². The van der Waals surface area contributed by atoms with Gasteiger partial charge in [-0.15, -0.1) is 0 Å².